The normalized spacial score (nSPS) is 21.2. The maximum absolute atomic E-state index is 12.6. The van der Waals surface area contributed by atoms with Crippen LogP contribution in [0, 0.1) is 0 Å². The van der Waals surface area contributed by atoms with E-state index in [1.54, 1.807) is 18.2 Å². The first-order valence-corrected chi connectivity index (χ1v) is 12.5. The van der Waals surface area contributed by atoms with Crippen molar-refractivity contribution in [3.8, 4) is 11.5 Å². The van der Waals surface area contributed by atoms with Gasteiger partial charge in [0.25, 0.3) is 15.9 Å². The second-order valence-electron chi connectivity index (χ2n) is 8.76. The van der Waals surface area contributed by atoms with Crippen molar-refractivity contribution in [3.63, 3.8) is 0 Å². The number of amides is 1. The van der Waals surface area contributed by atoms with Gasteiger partial charge in [-0.05, 0) is 70.3 Å². The van der Waals surface area contributed by atoms with E-state index in [2.05, 4.69) is 11.4 Å². The molecule has 2 aromatic carbocycles. The third kappa shape index (κ3) is 4.34. The number of sulfonamides is 1. The number of carbonyl (C=O) groups is 1. The summed E-state index contributed by atoms with van der Waals surface area (Å²) in [5.74, 6) is 1.10. The lowest BCUT2D eigenvalue weighted by Gasteiger charge is -2.37. The minimum atomic E-state index is -3.74. The highest BCUT2D eigenvalue weighted by Gasteiger charge is 2.40. The Hall–Kier alpha value is -2.58. The first-order chi connectivity index (χ1) is 15.2. The van der Waals surface area contributed by atoms with E-state index >= 15 is 0 Å². The van der Waals surface area contributed by atoms with Gasteiger partial charge >= 0.3 is 0 Å². The summed E-state index contributed by atoms with van der Waals surface area (Å²) in [6.45, 7) is 6.82. The minimum Gasteiger partial charge on any atom is -0.487 e. The molecule has 2 aliphatic heterocycles. The zero-order valence-electron chi connectivity index (χ0n) is 18.8. The molecular formula is C24H30N2O5S. The number of nitrogens with one attached hydrogen (secondary N) is 1. The van der Waals surface area contributed by atoms with E-state index in [0.29, 0.717) is 19.4 Å². The monoisotopic (exact) mass is 458 g/mol. The van der Waals surface area contributed by atoms with E-state index in [4.69, 9.17) is 9.47 Å². The Morgan fingerprint density at radius 1 is 1.16 bits per heavy atom. The van der Waals surface area contributed by atoms with Gasteiger partial charge in [0, 0.05) is 13.0 Å². The second kappa shape index (κ2) is 8.75. The lowest BCUT2D eigenvalue weighted by Crippen LogP contribution is -2.50. The Bertz CT molecular complexity index is 1120. The van der Waals surface area contributed by atoms with E-state index in [1.165, 1.54) is 6.07 Å². The van der Waals surface area contributed by atoms with Gasteiger partial charge in [-0.2, -0.15) is 0 Å². The highest BCUT2D eigenvalue weighted by Crippen LogP contribution is 2.39. The molecule has 0 radical (unpaired) electrons. The number of unbranched alkanes of at least 4 members (excludes halogenated alkanes) is 1. The van der Waals surface area contributed by atoms with E-state index in [9.17, 15) is 13.2 Å². The van der Waals surface area contributed by atoms with Crippen molar-refractivity contribution in [1.29, 1.82) is 0 Å². The summed E-state index contributed by atoms with van der Waals surface area (Å²) in [6.07, 6.45) is 3.04. The maximum atomic E-state index is 12.6. The summed E-state index contributed by atoms with van der Waals surface area (Å²) in [4.78, 5) is 12.6. The van der Waals surface area contributed by atoms with Crippen LogP contribution in [0.4, 0.5) is 0 Å². The fourth-order valence-corrected chi connectivity index (χ4v) is 5.79. The predicted octanol–water partition coefficient (Wildman–Crippen LogP) is 3.73. The second-order valence-corrected chi connectivity index (χ2v) is 10.6. The van der Waals surface area contributed by atoms with Crippen molar-refractivity contribution in [2.45, 2.75) is 63.2 Å². The number of carbonyl (C=O) groups excluding carboxylic acids is 1. The minimum absolute atomic E-state index is 0.0574. The van der Waals surface area contributed by atoms with Gasteiger partial charge in [-0.25, -0.2) is 12.7 Å². The molecule has 0 saturated carbocycles. The van der Waals surface area contributed by atoms with Gasteiger partial charge in [0.05, 0.1) is 11.7 Å². The van der Waals surface area contributed by atoms with Crippen LogP contribution in [0.1, 0.15) is 56.0 Å². The average molecular weight is 459 g/mol. The Morgan fingerprint density at radius 3 is 2.69 bits per heavy atom. The standard InChI is InChI=1S/C24H30N2O5S/c1-17(2)30-20-11-8-9-18-13-14-24(3,31-22(18)20)25-15-6-7-16-26-23(27)19-10-4-5-12-21(19)32(26,28)29/h4-5,8-12,17,25H,6-7,13-16H2,1-3H3. The highest BCUT2D eigenvalue weighted by atomic mass is 32.2. The summed E-state index contributed by atoms with van der Waals surface area (Å²) >= 11 is 0. The highest BCUT2D eigenvalue weighted by molar-refractivity contribution is 7.90. The van der Waals surface area contributed by atoms with E-state index in [1.807, 2.05) is 32.9 Å². The van der Waals surface area contributed by atoms with Crippen LogP contribution < -0.4 is 14.8 Å². The molecule has 1 atom stereocenters. The molecule has 1 unspecified atom stereocenters. The number of benzene rings is 2. The largest absolute Gasteiger partial charge is 0.487 e. The van der Waals surface area contributed by atoms with Crippen LogP contribution in [0.3, 0.4) is 0 Å². The number of hydrogen-bond donors (Lipinski definition) is 1. The molecule has 32 heavy (non-hydrogen) atoms. The van der Waals surface area contributed by atoms with Crippen LogP contribution in [0.5, 0.6) is 11.5 Å². The number of rotatable bonds is 8. The molecular weight excluding hydrogens is 428 g/mol. The molecule has 4 rings (SSSR count). The molecule has 0 fully saturated rings. The molecule has 8 heteroatoms. The van der Waals surface area contributed by atoms with Crippen molar-refractivity contribution in [1.82, 2.24) is 9.62 Å². The topological polar surface area (TPSA) is 84.9 Å². The lowest BCUT2D eigenvalue weighted by molar-refractivity contribution is 0.0255. The SMILES string of the molecule is CC(C)Oc1cccc2c1OC(C)(NCCCCN1C(=O)c3ccccc3S1(=O)=O)CC2. The quantitative estimate of drug-likeness (QED) is 0.607. The third-order valence-corrected chi connectivity index (χ3v) is 7.66. The fraction of sp³-hybridized carbons (Fsp3) is 0.458. The van der Waals surface area contributed by atoms with Gasteiger partial charge in [-0.1, -0.05) is 24.3 Å². The van der Waals surface area contributed by atoms with Crippen LogP contribution in [0.25, 0.3) is 0 Å². The molecule has 0 saturated heterocycles. The van der Waals surface area contributed by atoms with Crippen LogP contribution in [-0.2, 0) is 16.4 Å². The maximum Gasteiger partial charge on any atom is 0.269 e. The van der Waals surface area contributed by atoms with Crippen molar-refractivity contribution in [2.24, 2.45) is 0 Å². The zero-order valence-corrected chi connectivity index (χ0v) is 19.6. The average Bonchev–Trinajstić information content (AvgIpc) is 2.94. The molecule has 2 heterocycles. The molecule has 0 bridgehead atoms. The number of aryl methyl sites for hydroxylation is 1. The first kappa shape index (κ1) is 22.6. The van der Waals surface area contributed by atoms with Crippen LogP contribution in [0.2, 0.25) is 0 Å². The number of ether oxygens (including phenoxy) is 2. The number of para-hydroxylation sites is 1. The summed E-state index contributed by atoms with van der Waals surface area (Å²) in [5, 5.41) is 3.46. The van der Waals surface area contributed by atoms with Gasteiger partial charge in [0.2, 0.25) is 0 Å². The van der Waals surface area contributed by atoms with Crippen molar-refractivity contribution >= 4 is 15.9 Å². The summed E-state index contributed by atoms with van der Waals surface area (Å²) in [5.41, 5.74) is 0.862. The van der Waals surface area contributed by atoms with Crippen molar-refractivity contribution < 1.29 is 22.7 Å². The van der Waals surface area contributed by atoms with Gasteiger partial charge in [0.1, 0.15) is 4.90 Å². The first-order valence-electron chi connectivity index (χ1n) is 11.1. The van der Waals surface area contributed by atoms with Gasteiger partial charge in [0.15, 0.2) is 17.2 Å². The predicted molar refractivity (Wildman–Crippen MR) is 121 cm³/mol. The van der Waals surface area contributed by atoms with Crippen LogP contribution in [0.15, 0.2) is 47.4 Å². The van der Waals surface area contributed by atoms with Crippen LogP contribution in [-0.4, -0.2) is 43.5 Å². The lowest BCUT2D eigenvalue weighted by atomic mass is 9.98. The molecule has 1 amide bonds. The van der Waals surface area contributed by atoms with Crippen molar-refractivity contribution in [2.75, 3.05) is 13.1 Å². The summed E-state index contributed by atoms with van der Waals surface area (Å²) in [7, 11) is -3.74. The molecule has 0 aliphatic carbocycles. The fourth-order valence-electron chi connectivity index (χ4n) is 4.18. The molecule has 2 aromatic rings. The van der Waals surface area contributed by atoms with E-state index < -0.39 is 21.7 Å². The Labute approximate surface area is 189 Å². The molecule has 0 aromatic heterocycles. The Balaban J connectivity index is 1.31. The molecule has 2 aliphatic rings. The Morgan fingerprint density at radius 2 is 1.94 bits per heavy atom. The van der Waals surface area contributed by atoms with Gasteiger partial charge in [-0.15, -0.1) is 0 Å². The molecule has 1 N–H and O–H groups in total. The Kier molecular flexibility index (Phi) is 6.18. The van der Waals surface area contributed by atoms with Crippen LogP contribution >= 0.6 is 0 Å². The van der Waals surface area contributed by atoms with E-state index in [-0.39, 0.29) is 23.1 Å². The summed E-state index contributed by atoms with van der Waals surface area (Å²) in [6, 6.07) is 12.3. The third-order valence-electron chi connectivity index (χ3n) is 5.82. The van der Waals surface area contributed by atoms with Crippen molar-refractivity contribution in [3.05, 3.63) is 53.6 Å². The van der Waals surface area contributed by atoms with E-state index in [0.717, 1.165) is 34.2 Å². The zero-order chi connectivity index (χ0) is 22.9. The number of nitrogens with zero attached hydrogens (tertiary/aromatic N) is 1. The number of hydrogen-bond acceptors (Lipinski definition) is 6. The van der Waals surface area contributed by atoms with Gasteiger partial charge in [-0.3, -0.25) is 10.1 Å². The molecule has 172 valence electrons. The van der Waals surface area contributed by atoms with Gasteiger partial charge < -0.3 is 9.47 Å². The molecule has 7 nitrogen and oxygen atoms in total. The smallest absolute Gasteiger partial charge is 0.269 e. The number of fused-ring (bicyclic) bond motifs is 2. The molecule has 0 spiro atoms. The summed E-state index contributed by atoms with van der Waals surface area (Å²) < 4.78 is 38.5.